The van der Waals surface area contributed by atoms with E-state index in [9.17, 15) is 0 Å². The van der Waals surface area contributed by atoms with Gasteiger partial charge in [-0.3, -0.25) is 0 Å². The SMILES string of the molecule is C[C@@H]1CCC[C@@H](C)N1C(=S)S. The van der Waals surface area contributed by atoms with Gasteiger partial charge in [0.05, 0.1) is 0 Å². The highest BCUT2D eigenvalue weighted by atomic mass is 32.1. The third-order valence-electron chi connectivity index (χ3n) is 2.41. The van der Waals surface area contributed by atoms with Crippen molar-refractivity contribution in [3.63, 3.8) is 0 Å². The molecule has 0 spiro atoms. The molecule has 0 bridgehead atoms. The van der Waals surface area contributed by atoms with E-state index in [1.54, 1.807) is 0 Å². The van der Waals surface area contributed by atoms with E-state index < -0.39 is 0 Å². The summed E-state index contributed by atoms with van der Waals surface area (Å²) in [5, 5.41) is 0. The highest BCUT2D eigenvalue weighted by molar-refractivity contribution is 8.10. The van der Waals surface area contributed by atoms with Crippen molar-refractivity contribution in [2.75, 3.05) is 0 Å². The van der Waals surface area contributed by atoms with Gasteiger partial charge in [-0.2, -0.15) is 0 Å². The summed E-state index contributed by atoms with van der Waals surface area (Å²) in [4.78, 5) is 2.24. The number of thiol groups is 1. The summed E-state index contributed by atoms with van der Waals surface area (Å²) in [5.41, 5.74) is 0. The summed E-state index contributed by atoms with van der Waals surface area (Å²) in [6.07, 6.45) is 3.84. The molecular weight excluding hydrogens is 174 g/mol. The zero-order valence-corrected chi connectivity index (χ0v) is 8.79. The average Bonchev–Trinajstić information content (AvgIpc) is 1.85. The summed E-state index contributed by atoms with van der Waals surface area (Å²) < 4.78 is 0.754. The van der Waals surface area contributed by atoms with Crippen LogP contribution in [-0.4, -0.2) is 21.3 Å². The summed E-state index contributed by atoms with van der Waals surface area (Å²) >= 11 is 9.28. The molecule has 0 unspecified atom stereocenters. The van der Waals surface area contributed by atoms with Crippen molar-refractivity contribution in [1.29, 1.82) is 0 Å². The Kier molecular flexibility index (Phi) is 3.19. The van der Waals surface area contributed by atoms with E-state index in [2.05, 4.69) is 31.4 Å². The van der Waals surface area contributed by atoms with Crippen LogP contribution in [0.1, 0.15) is 33.1 Å². The van der Waals surface area contributed by atoms with Crippen molar-refractivity contribution < 1.29 is 0 Å². The normalized spacial score (nSPS) is 32.1. The van der Waals surface area contributed by atoms with Gasteiger partial charge >= 0.3 is 0 Å². The van der Waals surface area contributed by atoms with Crippen LogP contribution in [0.2, 0.25) is 0 Å². The topological polar surface area (TPSA) is 3.24 Å². The van der Waals surface area contributed by atoms with Gasteiger partial charge in [-0.05, 0) is 33.1 Å². The van der Waals surface area contributed by atoms with Crippen LogP contribution in [-0.2, 0) is 0 Å². The van der Waals surface area contributed by atoms with E-state index in [1.165, 1.54) is 19.3 Å². The highest BCUT2D eigenvalue weighted by Crippen LogP contribution is 2.23. The molecule has 1 fully saturated rings. The van der Waals surface area contributed by atoms with Crippen LogP contribution >= 0.6 is 24.8 Å². The maximum Gasteiger partial charge on any atom is 0.133 e. The molecule has 1 nitrogen and oxygen atoms in total. The van der Waals surface area contributed by atoms with Gasteiger partial charge in [-0.15, -0.1) is 12.6 Å². The number of likely N-dealkylation sites (tertiary alicyclic amines) is 1. The smallest absolute Gasteiger partial charge is 0.133 e. The first-order valence-corrected chi connectivity index (χ1v) is 4.99. The van der Waals surface area contributed by atoms with Gasteiger partial charge < -0.3 is 4.90 Å². The fourth-order valence-electron chi connectivity index (χ4n) is 1.80. The average molecular weight is 189 g/mol. The Labute approximate surface area is 79.6 Å². The van der Waals surface area contributed by atoms with Crippen LogP contribution in [0.5, 0.6) is 0 Å². The summed E-state index contributed by atoms with van der Waals surface area (Å²) in [6.45, 7) is 4.44. The molecular formula is C8H15NS2. The number of nitrogens with zero attached hydrogens (tertiary/aromatic N) is 1. The van der Waals surface area contributed by atoms with Crippen LogP contribution in [0.3, 0.4) is 0 Å². The molecule has 0 radical (unpaired) electrons. The molecule has 0 aromatic heterocycles. The molecule has 0 aliphatic carbocycles. The van der Waals surface area contributed by atoms with Crippen molar-refractivity contribution in [2.24, 2.45) is 0 Å². The van der Waals surface area contributed by atoms with Crippen LogP contribution in [0.15, 0.2) is 0 Å². The van der Waals surface area contributed by atoms with E-state index >= 15 is 0 Å². The lowest BCUT2D eigenvalue weighted by molar-refractivity contribution is 0.199. The molecule has 3 heteroatoms. The van der Waals surface area contributed by atoms with Crippen LogP contribution in [0.4, 0.5) is 0 Å². The third-order valence-corrected chi connectivity index (χ3v) is 2.86. The fourth-order valence-corrected chi connectivity index (χ4v) is 2.55. The number of piperidine rings is 1. The predicted octanol–water partition coefficient (Wildman–Crippen LogP) is 2.46. The second-order valence-electron chi connectivity index (χ2n) is 3.32. The van der Waals surface area contributed by atoms with E-state index in [1.807, 2.05) is 0 Å². The minimum atomic E-state index is 0.587. The highest BCUT2D eigenvalue weighted by Gasteiger charge is 2.24. The van der Waals surface area contributed by atoms with Crippen molar-refractivity contribution >= 4 is 29.2 Å². The fraction of sp³-hybridized carbons (Fsp3) is 0.875. The summed E-state index contributed by atoms with van der Waals surface area (Å²) in [5.74, 6) is 0. The Hall–Kier alpha value is 0.240. The van der Waals surface area contributed by atoms with Gasteiger partial charge in [0.25, 0.3) is 0 Å². The Morgan fingerprint density at radius 2 is 1.82 bits per heavy atom. The molecule has 1 heterocycles. The Bertz CT molecular complexity index is 148. The minimum absolute atomic E-state index is 0.587. The zero-order chi connectivity index (χ0) is 8.43. The first-order chi connectivity index (χ1) is 5.13. The van der Waals surface area contributed by atoms with Crippen molar-refractivity contribution in [3.05, 3.63) is 0 Å². The quantitative estimate of drug-likeness (QED) is 0.460. The number of hydrogen-bond donors (Lipinski definition) is 1. The summed E-state index contributed by atoms with van der Waals surface area (Å²) in [7, 11) is 0. The Morgan fingerprint density at radius 1 is 1.36 bits per heavy atom. The van der Waals surface area contributed by atoms with Gasteiger partial charge in [-0.1, -0.05) is 12.2 Å². The lowest BCUT2D eigenvalue weighted by atomic mass is 9.99. The number of rotatable bonds is 0. The van der Waals surface area contributed by atoms with Gasteiger partial charge in [-0.25, -0.2) is 0 Å². The van der Waals surface area contributed by atoms with Crippen LogP contribution in [0, 0.1) is 0 Å². The second kappa shape index (κ2) is 3.76. The first kappa shape index (κ1) is 9.33. The van der Waals surface area contributed by atoms with Gasteiger partial charge in [0.2, 0.25) is 0 Å². The molecule has 0 amide bonds. The standard InChI is InChI=1S/C8H15NS2/c1-6-4-3-5-7(2)9(6)8(10)11/h6-7H,3-5H2,1-2H3,(H,10,11)/t6-,7-/m1/s1. The largest absolute Gasteiger partial charge is 0.352 e. The Balaban J connectivity index is 2.62. The second-order valence-corrected chi connectivity index (χ2v) is 4.43. The maximum absolute atomic E-state index is 5.06. The molecule has 1 aliphatic rings. The number of hydrogen-bond acceptors (Lipinski definition) is 1. The zero-order valence-electron chi connectivity index (χ0n) is 7.08. The molecule has 64 valence electrons. The molecule has 1 rings (SSSR count). The minimum Gasteiger partial charge on any atom is -0.352 e. The van der Waals surface area contributed by atoms with E-state index in [0.29, 0.717) is 12.1 Å². The van der Waals surface area contributed by atoms with Crippen molar-refractivity contribution in [3.8, 4) is 0 Å². The Morgan fingerprint density at radius 3 is 2.09 bits per heavy atom. The lowest BCUT2D eigenvalue weighted by Gasteiger charge is -2.39. The van der Waals surface area contributed by atoms with Crippen LogP contribution in [0.25, 0.3) is 0 Å². The van der Waals surface area contributed by atoms with E-state index in [0.717, 1.165) is 4.32 Å². The van der Waals surface area contributed by atoms with Gasteiger partial charge in [0, 0.05) is 12.1 Å². The number of thiocarbonyl (C=S) groups is 1. The van der Waals surface area contributed by atoms with E-state index in [4.69, 9.17) is 12.2 Å². The first-order valence-electron chi connectivity index (χ1n) is 4.14. The molecule has 0 aromatic rings. The van der Waals surface area contributed by atoms with Crippen molar-refractivity contribution in [1.82, 2.24) is 4.90 Å². The molecule has 1 aliphatic heterocycles. The van der Waals surface area contributed by atoms with Crippen LogP contribution < -0.4 is 0 Å². The molecule has 0 N–H and O–H groups in total. The van der Waals surface area contributed by atoms with E-state index in [-0.39, 0.29) is 0 Å². The molecule has 1 saturated heterocycles. The predicted molar refractivity (Wildman–Crippen MR) is 56.2 cm³/mol. The molecule has 0 saturated carbocycles. The maximum atomic E-state index is 5.06. The summed E-state index contributed by atoms with van der Waals surface area (Å²) in [6, 6.07) is 1.17. The van der Waals surface area contributed by atoms with Gasteiger partial charge in [0.15, 0.2) is 0 Å². The van der Waals surface area contributed by atoms with Crippen molar-refractivity contribution in [2.45, 2.75) is 45.2 Å². The monoisotopic (exact) mass is 189 g/mol. The molecule has 0 aromatic carbocycles. The molecule has 11 heavy (non-hydrogen) atoms. The third kappa shape index (κ3) is 2.09. The lowest BCUT2D eigenvalue weighted by Crippen LogP contribution is -2.44. The van der Waals surface area contributed by atoms with Gasteiger partial charge in [0.1, 0.15) is 4.32 Å². The molecule has 2 atom stereocenters.